The van der Waals surface area contributed by atoms with Crippen LogP contribution in [-0.2, 0) is 0 Å². The van der Waals surface area contributed by atoms with Crippen LogP contribution in [0.2, 0.25) is 0 Å². The van der Waals surface area contributed by atoms with Crippen LogP contribution < -0.4 is 5.32 Å². The second kappa shape index (κ2) is 5.43. The highest BCUT2D eigenvalue weighted by Crippen LogP contribution is 2.21. The van der Waals surface area contributed by atoms with E-state index in [0.717, 1.165) is 0 Å². The Balaban J connectivity index is 2.84. The quantitative estimate of drug-likeness (QED) is 0.908. The summed E-state index contributed by atoms with van der Waals surface area (Å²) < 4.78 is 14.0. The highest BCUT2D eigenvalue weighted by molar-refractivity contribution is 9.10. The van der Waals surface area contributed by atoms with Gasteiger partial charge in [-0.2, -0.15) is 0 Å². The monoisotopic (exact) mass is 287 g/mol. The summed E-state index contributed by atoms with van der Waals surface area (Å²) in [6, 6.07) is 2.89. The van der Waals surface area contributed by atoms with Gasteiger partial charge in [-0.1, -0.05) is 29.8 Å². The Bertz CT molecular complexity index is 381. The molecule has 0 radical (unpaired) electrons. The van der Waals surface area contributed by atoms with Crippen molar-refractivity contribution in [3.05, 3.63) is 33.5 Å². The Labute approximate surface area is 103 Å². The number of hydrogen-bond acceptors (Lipinski definition) is 1. The first-order chi connectivity index (χ1) is 7.41. The lowest BCUT2D eigenvalue weighted by atomic mass is 10.1. The van der Waals surface area contributed by atoms with Crippen molar-refractivity contribution < 1.29 is 9.18 Å². The van der Waals surface area contributed by atoms with Gasteiger partial charge in [-0.3, -0.25) is 4.79 Å². The minimum absolute atomic E-state index is 0.242. The summed E-state index contributed by atoms with van der Waals surface area (Å²) in [6.07, 6.45) is 0. The third-order valence-corrected chi connectivity index (χ3v) is 3.04. The standard InChI is InChI=1S/C12H15BrFNO/c1-7(2)6-15-12(16)9-4-10(13)8(3)11(14)5-9/h4-5,7H,6H2,1-3H3,(H,15,16). The molecule has 1 aromatic carbocycles. The summed E-state index contributed by atoms with van der Waals surface area (Å²) in [5, 5.41) is 2.75. The van der Waals surface area contributed by atoms with E-state index in [1.807, 2.05) is 13.8 Å². The van der Waals surface area contributed by atoms with Gasteiger partial charge in [0.1, 0.15) is 5.82 Å². The van der Waals surface area contributed by atoms with Crippen molar-refractivity contribution >= 4 is 21.8 Å². The van der Waals surface area contributed by atoms with Crippen LogP contribution in [0, 0.1) is 18.7 Å². The zero-order valence-electron chi connectivity index (χ0n) is 9.60. The average molecular weight is 288 g/mol. The molecule has 16 heavy (non-hydrogen) atoms. The predicted molar refractivity (Wildman–Crippen MR) is 66.0 cm³/mol. The zero-order chi connectivity index (χ0) is 12.3. The van der Waals surface area contributed by atoms with Crippen molar-refractivity contribution in [2.24, 2.45) is 5.92 Å². The normalized spacial score (nSPS) is 10.6. The summed E-state index contributed by atoms with van der Waals surface area (Å²) in [7, 11) is 0. The summed E-state index contributed by atoms with van der Waals surface area (Å²) in [5.41, 5.74) is 0.857. The van der Waals surface area contributed by atoms with Gasteiger partial charge >= 0.3 is 0 Å². The Morgan fingerprint density at radius 2 is 2.12 bits per heavy atom. The van der Waals surface area contributed by atoms with Crippen LogP contribution in [0.4, 0.5) is 4.39 Å². The van der Waals surface area contributed by atoms with Gasteiger partial charge in [0, 0.05) is 16.6 Å². The number of carbonyl (C=O) groups excluding carboxylic acids is 1. The third kappa shape index (κ3) is 3.30. The first kappa shape index (κ1) is 13.2. The molecule has 0 saturated heterocycles. The van der Waals surface area contributed by atoms with Crippen molar-refractivity contribution in [1.29, 1.82) is 0 Å². The molecule has 1 amide bonds. The lowest BCUT2D eigenvalue weighted by Crippen LogP contribution is -2.27. The molecule has 2 nitrogen and oxygen atoms in total. The van der Waals surface area contributed by atoms with Crippen molar-refractivity contribution in [3.63, 3.8) is 0 Å². The first-order valence-electron chi connectivity index (χ1n) is 5.15. The van der Waals surface area contributed by atoms with Gasteiger partial charge in [-0.15, -0.1) is 0 Å². The molecule has 0 aromatic heterocycles. The minimum Gasteiger partial charge on any atom is -0.352 e. The smallest absolute Gasteiger partial charge is 0.251 e. The number of carbonyl (C=O) groups is 1. The van der Waals surface area contributed by atoms with Crippen molar-refractivity contribution in [3.8, 4) is 0 Å². The lowest BCUT2D eigenvalue weighted by Gasteiger charge is -2.09. The molecule has 1 rings (SSSR count). The highest BCUT2D eigenvalue weighted by Gasteiger charge is 2.11. The molecule has 1 N–H and O–H groups in total. The van der Waals surface area contributed by atoms with Crippen LogP contribution in [0.1, 0.15) is 29.8 Å². The second-order valence-electron chi connectivity index (χ2n) is 4.17. The molecular weight excluding hydrogens is 273 g/mol. The van der Waals surface area contributed by atoms with Crippen LogP contribution in [0.25, 0.3) is 0 Å². The van der Waals surface area contributed by atoms with Crippen molar-refractivity contribution in [2.75, 3.05) is 6.54 Å². The van der Waals surface area contributed by atoms with Crippen LogP contribution in [-0.4, -0.2) is 12.5 Å². The summed E-state index contributed by atoms with van der Waals surface area (Å²) in [5.74, 6) is -0.236. The minimum atomic E-state index is -0.371. The van der Waals surface area contributed by atoms with E-state index in [-0.39, 0.29) is 11.7 Å². The molecule has 0 unspecified atom stereocenters. The van der Waals surface area contributed by atoms with Gasteiger partial charge in [0.15, 0.2) is 0 Å². The maximum absolute atomic E-state index is 13.4. The molecule has 1 aromatic rings. The summed E-state index contributed by atoms with van der Waals surface area (Å²) >= 11 is 3.23. The molecule has 0 aliphatic rings. The Morgan fingerprint density at radius 1 is 1.50 bits per heavy atom. The van der Waals surface area contributed by atoms with Gasteiger partial charge in [0.05, 0.1) is 0 Å². The van der Waals surface area contributed by atoms with E-state index in [2.05, 4.69) is 21.2 Å². The SMILES string of the molecule is Cc1c(F)cc(C(=O)NCC(C)C)cc1Br. The van der Waals surface area contributed by atoms with E-state index in [0.29, 0.717) is 28.1 Å². The molecule has 4 heteroatoms. The van der Waals surface area contributed by atoms with E-state index in [4.69, 9.17) is 0 Å². The summed E-state index contributed by atoms with van der Waals surface area (Å²) in [4.78, 5) is 11.7. The number of halogens is 2. The highest BCUT2D eigenvalue weighted by atomic mass is 79.9. The van der Waals surface area contributed by atoms with E-state index in [1.165, 1.54) is 6.07 Å². The van der Waals surface area contributed by atoms with Gasteiger partial charge in [-0.25, -0.2) is 4.39 Å². The first-order valence-corrected chi connectivity index (χ1v) is 5.95. The molecule has 0 bridgehead atoms. The lowest BCUT2D eigenvalue weighted by molar-refractivity contribution is 0.0948. The number of rotatable bonds is 3. The zero-order valence-corrected chi connectivity index (χ0v) is 11.2. The van der Waals surface area contributed by atoms with Gasteiger partial charge < -0.3 is 5.32 Å². The second-order valence-corrected chi connectivity index (χ2v) is 5.02. The molecule has 0 aliphatic carbocycles. The molecule has 0 heterocycles. The fourth-order valence-electron chi connectivity index (χ4n) is 1.18. The van der Waals surface area contributed by atoms with Crippen LogP contribution >= 0.6 is 15.9 Å². The molecular formula is C12H15BrFNO. The molecule has 0 atom stereocenters. The Hall–Kier alpha value is -0.900. The topological polar surface area (TPSA) is 29.1 Å². The van der Waals surface area contributed by atoms with E-state index in [1.54, 1.807) is 13.0 Å². The maximum Gasteiger partial charge on any atom is 0.251 e. The van der Waals surface area contributed by atoms with Crippen LogP contribution in [0.5, 0.6) is 0 Å². The fraction of sp³-hybridized carbons (Fsp3) is 0.417. The van der Waals surface area contributed by atoms with Gasteiger partial charge in [0.25, 0.3) is 5.91 Å². The third-order valence-electron chi connectivity index (χ3n) is 2.21. The maximum atomic E-state index is 13.4. The Kier molecular flexibility index (Phi) is 4.47. The van der Waals surface area contributed by atoms with Crippen molar-refractivity contribution in [1.82, 2.24) is 5.32 Å². The predicted octanol–water partition coefficient (Wildman–Crippen LogP) is 3.28. The fourth-order valence-corrected chi connectivity index (χ4v) is 1.61. The summed E-state index contributed by atoms with van der Waals surface area (Å²) in [6.45, 7) is 6.26. The van der Waals surface area contributed by atoms with Crippen LogP contribution in [0.3, 0.4) is 0 Å². The van der Waals surface area contributed by atoms with Gasteiger partial charge in [-0.05, 0) is 30.5 Å². The molecule has 0 saturated carbocycles. The molecule has 0 fully saturated rings. The Morgan fingerprint density at radius 3 is 2.62 bits per heavy atom. The van der Waals surface area contributed by atoms with Gasteiger partial charge in [0.2, 0.25) is 0 Å². The number of amides is 1. The van der Waals surface area contributed by atoms with Crippen LogP contribution in [0.15, 0.2) is 16.6 Å². The number of benzene rings is 1. The van der Waals surface area contributed by atoms with E-state index in [9.17, 15) is 9.18 Å². The molecule has 88 valence electrons. The molecule has 0 aliphatic heterocycles. The number of hydrogen-bond donors (Lipinski definition) is 1. The van der Waals surface area contributed by atoms with Crippen molar-refractivity contribution in [2.45, 2.75) is 20.8 Å². The molecule has 0 spiro atoms. The largest absolute Gasteiger partial charge is 0.352 e. The average Bonchev–Trinajstić information content (AvgIpc) is 2.21. The number of nitrogens with one attached hydrogen (secondary N) is 1. The van der Waals surface area contributed by atoms with E-state index >= 15 is 0 Å². The van der Waals surface area contributed by atoms with E-state index < -0.39 is 0 Å².